The van der Waals surface area contributed by atoms with Crippen LogP contribution in [-0.2, 0) is 11.2 Å². The fraction of sp³-hybridized carbons (Fsp3) is 0.462. The van der Waals surface area contributed by atoms with Crippen LogP contribution in [0.15, 0.2) is 24.3 Å². The second-order valence-corrected chi connectivity index (χ2v) is 4.38. The fourth-order valence-electron chi connectivity index (χ4n) is 2.17. The number of amides is 1. The van der Waals surface area contributed by atoms with Gasteiger partial charge in [0.15, 0.2) is 0 Å². The Morgan fingerprint density at radius 3 is 2.88 bits per heavy atom. The first-order valence-electron chi connectivity index (χ1n) is 5.98. The van der Waals surface area contributed by atoms with Crippen LogP contribution in [0.2, 0.25) is 0 Å². The summed E-state index contributed by atoms with van der Waals surface area (Å²) in [5.41, 5.74) is 7.49. The predicted octanol–water partition coefficient (Wildman–Crippen LogP) is 0.675. The highest BCUT2D eigenvalue weighted by Crippen LogP contribution is 2.26. The van der Waals surface area contributed by atoms with E-state index in [1.165, 1.54) is 5.56 Å². The third-order valence-electron chi connectivity index (χ3n) is 3.09. The number of aliphatic hydroxyl groups is 1. The number of carbonyl (C=O) groups excluding carboxylic acids is 1. The van der Waals surface area contributed by atoms with Crippen LogP contribution < -0.4 is 10.6 Å². The van der Waals surface area contributed by atoms with E-state index < -0.39 is 6.10 Å². The van der Waals surface area contributed by atoms with Gasteiger partial charge in [-0.05, 0) is 24.5 Å². The Bertz CT molecular complexity index is 406. The van der Waals surface area contributed by atoms with E-state index in [4.69, 9.17) is 5.73 Å². The zero-order chi connectivity index (χ0) is 12.3. The molecule has 0 unspecified atom stereocenters. The van der Waals surface area contributed by atoms with Gasteiger partial charge in [0.25, 0.3) is 0 Å². The monoisotopic (exact) mass is 234 g/mol. The van der Waals surface area contributed by atoms with Crippen molar-refractivity contribution >= 4 is 11.6 Å². The van der Waals surface area contributed by atoms with Crippen LogP contribution in [-0.4, -0.2) is 30.2 Å². The quantitative estimate of drug-likeness (QED) is 0.808. The first-order valence-corrected chi connectivity index (χ1v) is 5.98. The molecule has 17 heavy (non-hydrogen) atoms. The van der Waals surface area contributed by atoms with E-state index in [0.717, 1.165) is 18.5 Å². The van der Waals surface area contributed by atoms with Crippen LogP contribution in [0.4, 0.5) is 5.69 Å². The number of carbonyl (C=O) groups is 1. The second kappa shape index (κ2) is 5.29. The molecule has 2 rings (SSSR count). The Kier molecular flexibility index (Phi) is 3.76. The highest BCUT2D eigenvalue weighted by Gasteiger charge is 2.23. The van der Waals surface area contributed by atoms with Gasteiger partial charge in [0.2, 0.25) is 5.91 Å². The molecule has 1 aromatic rings. The lowest BCUT2D eigenvalue weighted by Gasteiger charge is -2.25. The summed E-state index contributed by atoms with van der Waals surface area (Å²) in [6.45, 7) is 0.457. The summed E-state index contributed by atoms with van der Waals surface area (Å²) in [6, 6.07) is 7.86. The molecule has 0 aliphatic carbocycles. The zero-order valence-corrected chi connectivity index (χ0v) is 9.80. The molecule has 1 aliphatic rings. The summed E-state index contributed by atoms with van der Waals surface area (Å²) in [4.78, 5) is 13.7. The first-order chi connectivity index (χ1) is 8.22. The van der Waals surface area contributed by atoms with E-state index in [1.54, 1.807) is 4.90 Å². The molecule has 1 amide bonds. The zero-order valence-electron chi connectivity index (χ0n) is 9.80. The van der Waals surface area contributed by atoms with Gasteiger partial charge in [-0.1, -0.05) is 18.2 Å². The van der Waals surface area contributed by atoms with Crippen molar-refractivity contribution in [2.75, 3.05) is 18.0 Å². The number of benzene rings is 1. The number of aliphatic hydroxyl groups excluding tert-OH is 1. The largest absolute Gasteiger partial charge is 0.390 e. The van der Waals surface area contributed by atoms with Crippen molar-refractivity contribution in [1.82, 2.24) is 0 Å². The standard InChI is InChI=1S/C13H18N2O2/c14-8-11(16)9-15-12-6-2-1-4-10(12)5-3-7-13(15)17/h1-2,4,6,11,16H,3,5,7-9,14H2/t11-/m0/s1. The average molecular weight is 234 g/mol. The summed E-state index contributed by atoms with van der Waals surface area (Å²) >= 11 is 0. The van der Waals surface area contributed by atoms with Gasteiger partial charge in [0, 0.05) is 18.7 Å². The van der Waals surface area contributed by atoms with Gasteiger partial charge in [0.1, 0.15) is 0 Å². The Morgan fingerprint density at radius 2 is 2.12 bits per heavy atom. The minimum atomic E-state index is -0.662. The van der Waals surface area contributed by atoms with Crippen LogP contribution in [0.1, 0.15) is 18.4 Å². The van der Waals surface area contributed by atoms with E-state index in [0.29, 0.717) is 6.42 Å². The lowest BCUT2D eigenvalue weighted by atomic mass is 10.1. The minimum Gasteiger partial charge on any atom is -0.390 e. The third kappa shape index (κ3) is 2.65. The van der Waals surface area contributed by atoms with E-state index in [-0.39, 0.29) is 19.0 Å². The molecule has 4 heteroatoms. The number of fused-ring (bicyclic) bond motifs is 1. The maximum absolute atomic E-state index is 12.0. The third-order valence-corrected chi connectivity index (χ3v) is 3.09. The number of para-hydroxylation sites is 1. The van der Waals surface area contributed by atoms with Gasteiger partial charge in [-0.3, -0.25) is 4.79 Å². The van der Waals surface area contributed by atoms with Crippen molar-refractivity contribution in [3.8, 4) is 0 Å². The van der Waals surface area contributed by atoms with Crippen molar-refractivity contribution in [1.29, 1.82) is 0 Å². The van der Waals surface area contributed by atoms with E-state index in [9.17, 15) is 9.90 Å². The number of rotatable bonds is 3. The predicted molar refractivity (Wildman–Crippen MR) is 66.8 cm³/mol. The van der Waals surface area contributed by atoms with Crippen LogP contribution in [0.25, 0.3) is 0 Å². The van der Waals surface area contributed by atoms with Crippen molar-refractivity contribution in [3.63, 3.8) is 0 Å². The van der Waals surface area contributed by atoms with E-state index in [1.807, 2.05) is 24.3 Å². The summed E-state index contributed by atoms with van der Waals surface area (Å²) in [7, 11) is 0. The number of anilines is 1. The van der Waals surface area contributed by atoms with Crippen molar-refractivity contribution in [3.05, 3.63) is 29.8 Å². The number of nitrogens with zero attached hydrogens (tertiary/aromatic N) is 1. The molecule has 1 heterocycles. The average Bonchev–Trinajstić information content (AvgIpc) is 2.50. The van der Waals surface area contributed by atoms with Crippen molar-refractivity contribution < 1.29 is 9.90 Å². The van der Waals surface area contributed by atoms with Gasteiger partial charge in [-0.25, -0.2) is 0 Å². The summed E-state index contributed by atoms with van der Waals surface area (Å²) in [6.07, 6.45) is 1.65. The molecule has 0 spiro atoms. The van der Waals surface area contributed by atoms with Gasteiger partial charge in [0.05, 0.1) is 12.6 Å². The molecule has 0 saturated heterocycles. The summed E-state index contributed by atoms with van der Waals surface area (Å²) < 4.78 is 0. The summed E-state index contributed by atoms with van der Waals surface area (Å²) in [5.74, 6) is 0.0717. The van der Waals surface area contributed by atoms with Crippen molar-refractivity contribution in [2.45, 2.75) is 25.4 Å². The highest BCUT2D eigenvalue weighted by molar-refractivity contribution is 5.94. The van der Waals surface area contributed by atoms with Crippen LogP contribution >= 0.6 is 0 Å². The molecule has 0 radical (unpaired) electrons. The molecule has 1 aliphatic heterocycles. The van der Waals surface area contributed by atoms with Crippen LogP contribution in [0.5, 0.6) is 0 Å². The SMILES string of the molecule is NC[C@H](O)CN1C(=O)CCCc2ccccc21. The van der Waals surface area contributed by atoms with Gasteiger partial charge in [-0.15, -0.1) is 0 Å². The maximum atomic E-state index is 12.0. The lowest BCUT2D eigenvalue weighted by molar-refractivity contribution is -0.118. The lowest BCUT2D eigenvalue weighted by Crippen LogP contribution is -2.40. The Morgan fingerprint density at radius 1 is 1.35 bits per heavy atom. The van der Waals surface area contributed by atoms with E-state index >= 15 is 0 Å². The molecule has 0 fully saturated rings. The number of hydrogen-bond acceptors (Lipinski definition) is 3. The highest BCUT2D eigenvalue weighted by atomic mass is 16.3. The molecular formula is C13H18N2O2. The Hall–Kier alpha value is -1.39. The van der Waals surface area contributed by atoms with Gasteiger partial charge >= 0.3 is 0 Å². The van der Waals surface area contributed by atoms with Gasteiger partial charge < -0.3 is 15.7 Å². The maximum Gasteiger partial charge on any atom is 0.227 e. The molecule has 92 valence electrons. The topological polar surface area (TPSA) is 66.6 Å². The normalized spacial score (nSPS) is 17.5. The van der Waals surface area contributed by atoms with Gasteiger partial charge in [-0.2, -0.15) is 0 Å². The molecule has 1 aromatic carbocycles. The molecule has 1 atom stereocenters. The smallest absolute Gasteiger partial charge is 0.227 e. The first kappa shape index (κ1) is 12.1. The van der Waals surface area contributed by atoms with E-state index in [2.05, 4.69) is 0 Å². The Balaban J connectivity index is 2.30. The second-order valence-electron chi connectivity index (χ2n) is 4.38. The molecule has 4 nitrogen and oxygen atoms in total. The molecular weight excluding hydrogens is 216 g/mol. The van der Waals surface area contributed by atoms with Crippen LogP contribution in [0.3, 0.4) is 0 Å². The Labute approximate surface area is 101 Å². The summed E-state index contributed by atoms with van der Waals surface area (Å²) in [5, 5.41) is 9.63. The molecule has 0 aromatic heterocycles. The molecule has 3 N–H and O–H groups in total. The molecule has 0 saturated carbocycles. The number of hydrogen-bond donors (Lipinski definition) is 2. The van der Waals surface area contributed by atoms with Crippen LogP contribution in [0, 0.1) is 0 Å². The fourth-order valence-corrected chi connectivity index (χ4v) is 2.17. The molecule has 0 bridgehead atoms. The minimum absolute atomic E-state index is 0.0717. The number of nitrogens with two attached hydrogens (primary N) is 1. The van der Waals surface area contributed by atoms with Crippen molar-refractivity contribution in [2.24, 2.45) is 5.73 Å². The number of β-amino-alcohol motifs (C(OH)–C–C–N with tert-alkyl or cyclic N) is 1. The number of aryl methyl sites for hydroxylation is 1.